The van der Waals surface area contributed by atoms with E-state index >= 15 is 0 Å². The normalized spacial score (nSPS) is 30.8. The highest BCUT2D eigenvalue weighted by atomic mass is 32.1. The predicted octanol–water partition coefficient (Wildman–Crippen LogP) is 3.28. The van der Waals surface area contributed by atoms with Crippen molar-refractivity contribution in [3.63, 3.8) is 0 Å². The number of aromatic nitrogens is 2. The number of nitrogens with one attached hydrogen (secondary N) is 1. The minimum Gasteiger partial charge on any atom is -0.351 e. The van der Waals surface area contributed by atoms with E-state index in [4.69, 9.17) is 0 Å². The maximum atomic E-state index is 13.0. The first-order chi connectivity index (χ1) is 12.8. The molecule has 2 fully saturated rings. The fourth-order valence-electron chi connectivity index (χ4n) is 5.95. The van der Waals surface area contributed by atoms with E-state index in [9.17, 15) is 9.59 Å². The molecule has 27 heavy (non-hydrogen) atoms. The summed E-state index contributed by atoms with van der Waals surface area (Å²) in [4.78, 5) is 32.3. The summed E-state index contributed by atoms with van der Waals surface area (Å²) in [6, 6.07) is 0.205. The molecule has 6 heteroatoms. The molecular weight excluding hydrogens is 358 g/mol. The molecule has 3 atom stereocenters. The molecule has 0 saturated heterocycles. The monoisotopic (exact) mass is 385 g/mol. The maximum Gasteiger partial charge on any atom is 0.262 e. The summed E-state index contributed by atoms with van der Waals surface area (Å²) < 4.78 is 1.49. The Morgan fingerprint density at radius 3 is 2.89 bits per heavy atom. The lowest BCUT2D eigenvalue weighted by atomic mass is 9.69. The number of carbonyl (C=O) groups is 1. The van der Waals surface area contributed by atoms with Gasteiger partial charge in [0.2, 0.25) is 5.91 Å². The molecule has 2 saturated carbocycles. The Morgan fingerprint density at radius 2 is 2.19 bits per heavy atom. The van der Waals surface area contributed by atoms with Crippen molar-refractivity contribution in [1.29, 1.82) is 0 Å². The molecule has 3 aliphatic rings. The summed E-state index contributed by atoms with van der Waals surface area (Å²) >= 11 is 1.64. The van der Waals surface area contributed by atoms with Crippen molar-refractivity contribution in [1.82, 2.24) is 14.9 Å². The van der Waals surface area contributed by atoms with Crippen LogP contribution in [0.2, 0.25) is 0 Å². The summed E-state index contributed by atoms with van der Waals surface area (Å²) in [5.74, 6) is 0.613. The van der Waals surface area contributed by atoms with Crippen molar-refractivity contribution in [3.8, 4) is 0 Å². The number of fused-ring (bicyclic) bond motifs is 5. The molecule has 5 rings (SSSR count). The lowest BCUT2D eigenvalue weighted by Crippen LogP contribution is -2.48. The molecule has 5 nitrogen and oxygen atoms in total. The van der Waals surface area contributed by atoms with E-state index in [-0.39, 0.29) is 34.9 Å². The van der Waals surface area contributed by atoms with Gasteiger partial charge in [0.05, 0.1) is 11.7 Å². The van der Waals surface area contributed by atoms with E-state index in [0.29, 0.717) is 5.92 Å². The highest BCUT2D eigenvalue weighted by Crippen LogP contribution is 2.65. The molecule has 2 aromatic heterocycles. The predicted molar refractivity (Wildman–Crippen MR) is 107 cm³/mol. The third kappa shape index (κ3) is 2.31. The van der Waals surface area contributed by atoms with Crippen molar-refractivity contribution in [2.75, 3.05) is 0 Å². The number of hydrogen-bond acceptors (Lipinski definition) is 4. The summed E-state index contributed by atoms with van der Waals surface area (Å²) in [5, 5.41) is 4.00. The van der Waals surface area contributed by atoms with Gasteiger partial charge in [-0.3, -0.25) is 14.2 Å². The first-order valence-corrected chi connectivity index (χ1v) is 10.9. The molecule has 2 heterocycles. The van der Waals surface area contributed by atoms with Crippen LogP contribution in [0.25, 0.3) is 10.2 Å². The van der Waals surface area contributed by atoms with Gasteiger partial charge < -0.3 is 5.32 Å². The number of rotatable bonds is 3. The van der Waals surface area contributed by atoms with Crippen LogP contribution in [0.15, 0.2) is 11.1 Å². The van der Waals surface area contributed by atoms with Gasteiger partial charge >= 0.3 is 0 Å². The summed E-state index contributed by atoms with van der Waals surface area (Å²) in [5.41, 5.74) is 1.52. The van der Waals surface area contributed by atoms with Gasteiger partial charge in [0.15, 0.2) is 0 Å². The molecule has 0 aromatic carbocycles. The molecule has 3 unspecified atom stereocenters. The van der Waals surface area contributed by atoms with Crippen molar-refractivity contribution >= 4 is 27.5 Å². The van der Waals surface area contributed by atoms with Crippen molar-refractivity contribution in [3.05, 3.63) is 27.1 Å². The molecule has 2 bridgehead atoms. The van der Waals surface area contributed by atoms with Crippen LogP contribution in [0, 0.1) is 16.7 Å². The van der Waals surface area contributed by atoms with Crippen LogP contribution < -0.4 is 10.9 Å². The van der Waals surface area contributed by atoms with Crippen LogP contribution >= 0.6 is 11.3 Å². The average Bonchev–Trinajstić information content (AvgIpc) is 3.28. The number of thiophene rings is 1. The Morgan fingerprint density at radius 1 is 1.37 bits per heavy atom. The second-order valence-corrected chi connectivity index (χ2v) is 10.5. The maximum absolute atomic E-state index is 13.0. The molecule has 2 aromatic rings. The largest absolute Gasteiger partial charge is 0.351 e. The van der Waals surface area contributed by atoms with Crippen molar-refractivity contribution < 1.29 is 4.79 Å². The number of hydrogen-bond donors (Lipinski definition) is 1. The van der Waals surface area contributed by atoms with Crippen molar-refractivity contribution in [2.45, 2.75) is 71.9 Å². The van der Waals surface area contributed by atoms with Gasteiger partial charge in [0, 0.05) is 10.9 Å². The van der Waals surface area contributed by atoms with Crippen molar-refractivity contribution in [2.24, 2.45) is 16.7 Å². The minimum absolute atomic E-state index is 0.0596. The third-order valence-electron chi connectivity index (χ3n) is 8.14. The second kappa shape index (κ2) is 5.66. The van der Waals surface area contributed by atoms with Crippen LogP contribution in [0.5, 0.6) is 0 Å². The van der Waals surface area contributed by atoms with Gasteiger partial charge in [-0.15, -0.1) is 11.3 Å². The van der Waals surface area contributed by atoms with E-state index in [2.05, 4.69) is 31.1 Å². The molecule has 144 valence electrons. The van der Waals surface area contributed by atoms with E-state index in [0.717, 1.165) is 35.9 Å². The molecule has 0 radical (unpaired) electrons. The van der Waals surface area contributed by atoms with E-state index in [1.165, 1.54) is 27.8 Å². The number of amides is 1. The molecule has 3 aliphatic carbocycles. The van der Waals surface area contributed by atoms with Crippen LogP contribution in [-0.4, -0.2) is 21.5 Å². The minimum atomic E-state index is -0.0697. The zero-order chi connectivity index (χ0) is 19.0. The Labute approximate surface area is 163 Å². The third-order valence-corrected chi connectivity index (χ3v) is 9.33. The summed E-state index contributed by atoms with van der Waals surface area (Å²) in [6.07, 6.45) is 8.15. The Balaban J connectivity index is 1.38. The van der Waals surface area contributed by atoms with Crippen LogP contribution in [0.1, 0.15) is 56.9 Å². The first-order valence-electron chi connectivity index (χ1n) is 10.1. The van der Waals surface area contributed by atoms with Gasteiger partial charge in [-0.05, 0) is 60.8 Å². The van der Waals surface area contributed by atoms with Crippen LogP contribution in [-0.2, 0) is 24.2 Å². The number of carbonyl (C=O) groups excluding carboxylic acids is 1. The molecule has 1 N–H and O–H groups in total. The molecule has 1 amide bonds. The quantitative estimate of drug-likeness (QED) is 0.882. The molecular formula is C21H27N3O2S. The molecule has 0 aliphatic heterocycles. The van der Waals surface area contributed by atoms with Gasteiger partial charge in [-0.2, -0.15) is 0 Å². The average molecular weight is 386 g/mol. The standard InChI is InChI=1S/C21H27N3O2S/c1-20(2)12-7-8-21(20,3)15(9-12)23-16(25)10-24-11-22-18-17(19(24)26)13-5-4-6-14(13)27-18/h11-12,15H,4-10H2,1-3H3,(H,23,25). The van der Waals surface area contributed by atoms with Gasteiger partial charge in [0.25, 0.3) is 5.56 Å². The van der Waals surface area contributed by atoms with Crippen LogP contribution in [0.4, 0.5) is 0 Å². The summed E-state index contributed by atoms with van der Waals surface area (Å²) in [7, 11) is 0. The van der Waals surface area contributed by atoms with Gasteiger partial charge in [-0.25, -0.2) is 4.98 Å². The van der Waals surface area contributed by atoms with E-state index < -0.39 is 0 Å². The Kier molecular flexibility index (Phi) is 3.65. The lowest BCUT2D eigenvalue weighted by Gasteiger charge is -2.39. The Bertz CT molecular complexity index is 1000. The Hall–Kier alpha value is -1.69. The highest BCUT2D eigenvalue weighted by molar-refractivity contribution is 7.18. The smallest absolute Gasteiger partial charge is 0.262 e. The number of aryl methyl sites for hydroxylation is 2. The number of nitrogens with zero attached hydrogens (tertiary/aromatic N) is 2. The van der Waals surface area contributed by atoms with Gasteiger partial charge in [0.1, 0.15) is 11.4 Å². The fraction of sp³-hybridized carbons (Fsp3) is 0.667. The SMILES string of the molecule is CC1(C)C2CCC1(C)C(NC(=O)Cn1cnc3sc4c(c3c1=O)CCC4)C2. The van der Waals surface area contributed by atoms with E-state index in [1.807, 2.05) is 0 Å². The van der Waals surface area contributed by atoms with Crippen LogP contribution in [0.3, 0.4) is 0 Å². The first kappa shape index (κ1) is 17.4. The zero-order valence-corrected chi connectivity index (χ0v) is 17.1. The topological polar surface area (TPSA) is 64.0 Å². The van der Waals surface area contributed by atoms with Gasteiger partial charge in [-0.1, -0.05) is 20.8 Å². The summed E-state index contributed by atoms with van der Waals surface area (Å²) in [6.45, 7) is 7.07. The highest BCUT2D eigenvalue weighted by Gasteiger charge is 2.61. The lowest BCUT2D eigenvalue weighted by molar-refractivity contribution is -0.123. The fourth-order valence-corrected chi connectivity index (χ4v) is 7.17. The van der Waals surface area contributed by atoms with E-state index in [1.54, 1.807) is 17.7 Å². The zero-order valence-electron chi connectivity index (χ0n) is 16.3. The molecule has 0 spiro atoms. The second-order valence-electron chi connectivity index (χ2n) is 9.45.